The number of hydrogen-bond donors (Lipinski definition) is 2. The van der Waals surface area contributed by atoms with Gasteiger partial charge in [0.1, 0.15) is 0 Å². The van der Waals surface area contributed by atoms with Gasteiger partial charge in [-0.1, -0.05) is 24.3 Å². The molecule has 2 aromatic rings. The van der Waals surface area contributed by atoms with Gasteiger partial charge in [0.15, 0.2) is 5.82 Å². The summed E-state index contributed by atoms with van der Waals surface area (Å²) in [5.41, 5.74) is 3.18. The highest BCUT2D eigenvalue weighted by molar-refractivity contribution is 14.1. The second kappa shape index (κ2) is 6.93. The lowest BCUT2D eigenvalue weighted by atomic mass is 10.1. The summed E-state index contributed by atoms with van der Waals surface area (Å²) in [6.07, 6.45) is 4.13. The first-order chi connectivity index (χ1) is 9.24. The van der Waals surface area contributed by atoms with E-state index in [0.717, 1.165) is 11.1 Å². The molecule has 4 nitrogen and oxygen atoms in total. The van der Waals surface area contributed by atoms with Crippen LogP contribution in [0.3, 0.4) is 0 Å². The van der Waals surface area contributed by atoms with Gasteiger partial charge in [-0.3, -0.25) is 3.53 Å². The van der Waals surface area contributed by atoms with Gasteiger partial charge in [0.25, 0.3) is 0 Å². The molecule has 5 heteroatoms. The first kappa shape index (κ1) is 14.4. The van der Waals surface area contributed by atoms with Crippen molar-refractivity contribution in [2.45, 2.75) is 19.4 Å². The Kier molecular flexibility index (Phi) is 5.24. The summed E-state index contributed by atoms with van der Waals surface area (Å²) in [6.45, 7) is 2.24. The quantitative estimate of drug-likeness (QED) is 0.629. The smallest absolute Gasteiger partial charge is 0.159 e. The van der Waals surface area contributed by atoms with Gasteiger partial charge in [-0.05, 0) is 24.5 Å². The molecule has 0 aliphatic carbocycles. The summed E-state index contributed by atoms with van der Waals surface area (Å²) in [5.74, 6) is 0.711. The second-order valence-electron chi connectivity index (χ2n) is 4.34. The first-order valence-corrected chi connectivity index (χ1v) is 7.20. The fraction of sp³-hybridized carbons (Fsp3) is 0.286. The predicted octanol–water partition coefficient (Wildman–Crippen LogP) is 2.68. The lowest BCUT2D eigenvalue weighted by Crippen LogP contribution is -2.05. The summed E-state index contributed by atoms with van der Waals surface area (Å²) in [7, 11) is 0. The van der Waals surface area contributed by atoms with Gasteiger partial charge >= 0.3 is 0 Å². The Hall–Kier alpha value is -1.05. The molecule has 0 aliphatic rings. The number of aliphatic hydroxyl groups excluding tert-OH is 1. The van der Waals surface area contributed by atoms with Crippen molar-refractivity contribution < 1.29 is 5.11 Å². The molecule has 0 saturated carbocycles. The van der Waals surface area contributed by atoms with Crippen LogP contribution in [-0.2, 0) is 6.42 Å². The molecule has 1 aromatic carbocycles. The highest BCUT2D eigenvalue weighted by Gasteiger charge is 2.05. The summed E-state index contributed by atoms with van der Waals surface area (Å²) >= 11 is 2.15. The number of nitrogens with one attached hydrogen (secondary N) is 1. The maximum absolute atomic E-state index is 8.85. The van der Waals surface area contributed by atoms with Crippen molar-refractivity contribution in [3.63, 3.8) is 0 Å². The van der Waals surface area contributed by atoms with E-state index in [1.54, 1.807) is 12.4 Å². The van der Waals surface area contributed by atoms with E-state index in [-0.39, 0.29) is 6.61 Å². The number of halogens is 1. The Bertz CT molecular complexity index is 513. The lowest BCUT2D eigenvalue weighted by Gasteiger charge is -2.09. The van der Waals surface area contributed by atoms with Gasteiger partial charge < -0.3 is 5.11 Å². The van der Waals surface area contributed by atoms with Crippen molar-refractivity contribution in [3.8, 4) is 11.4 Å². The molecular weight excluding hydrogens is 353 g/mol. The Morgan fingerprint density at radius 2 is 1.84 bits per heavy atom. The lowest BCUT2D eigenvalue weighted by molar-refractivity contribution is 0.299. The molecule has 0 bridgehead atoms. The van der Waals surface area contributed by atoms with Gasteiger partial charge in [-0.25, -0.2) is 9.97 Å². The summed E-state index contributed by atoms with van der Waals surface area (Å²) in [4.78, 5) is 8.65. The van der Waals surface area contributed by atoms with Crippen LogP contribution in [0.2, 0.25) is 0 Å². The predicted molar refractivity (Wildman–Crippen MR) is 83.8 cm³/mol. The summed E-state index contributed by atoms with van der Waals surface area (Å²) in [5, 5.41) is 8.85. The molecule has 19 heavy (non-hydrogen) atoms. The Balaban J connectivity index is 2.17. The van der Waals surface area contributed by atoms with Crippen LogP contribution in [0.25, 0.3) is 11.4 Å². The summed E-state index contributed by atoms with van der Waals surface area (Å²) in [6, 6.07) is 8.54. The Labute approximate surface area is 126 Å². The van der Waals surface area contributed by atoms with Crippen molar-refractivity contribution in [2.24, 2.45) is 0 Å². The zero-order chi connectivity index (χ0) is 13.7. The number of rotatable bonds is 5. The SMILES string of the molecule is CC(NI)c1ccc(-c2ncc(CCO)cn2)cc1. The second-order valence-corrected chi connectivity index (χ2v) is 4.96. The number of benzene rings is 1. The maximum atomic E-state index is 8.85. The first-order valence-electron chi connectivity index (χ1n) is 6.13. The molecule has 100 valence electrons. The molecule has 0 radical (unpaired) electrons. The van der Waals surface area contributed by atoms with E-state index in [1.165, 1.54) is 5.56 Å². The molecule has 0 saturated heterocycles. The fourth-order valence-electron chi connectivity index (χ4n) is 1.75. The molecule has 1 aromatic heterocycles. The van der Waals surface area contributed by atoms with Crippen LogP contribution in [-0.4, -0.2) is 21.7 Å². The minimum absolute atomic E-state index is 0.124. The molecule has 1 heterocycles. The third-order valence-corrected chi connectivity index (χ3v) is 3.87. The van der Waals surface area contributed by atoms with Crippen LogP contribution < -0.4 is 3.53 Å². The molecule has 0 spiro atoms. The van der Waals surface area contributed by atoms with Crippen LogP contribution in [0.15, 0.2) is 36.7 Å². The highest BCUT2D eigenvalue weighted by atomic mass is 127. The van der Waals surface area contributed by atoms with E-state index in [1.807, 2.05) is 12.1 Å². The minimum Gasteiger partial charge on any atom is -0.396 e. The van der Waals surface area contributed by atoms with Crippen LogP contribution >= 0.6 is 22.9 Å². The zero-order valence-electron chi connectivity index (χ0n) is 10.7. The number of hydrogen-bond acceptors (Lipinski definition) is 4. The van der Waals surface area contributed by atoms with Crippen LogP contribution in [0.5, 0.6) is 0 Å². The van der Waals surface area contributed by atoms with Gasteiger partial charge in [-0.2, -0.15) is 0 Å². The van der Waals surface area contributed by atoms with Crippen LogP contribution in [0.4, 0.5) is 0 Å². The van der Waals surface area contributed by atoms with E-state index >= 15 is 0 Å². The van der Waals surface area contributed by atoms with E-state index in [0.29, 0.717) is 18.3 Å². The van der Waals surface area contributed by atoms with E-state index < -0.39 is 0 Å². The van der Waals surface area contributed by atoms with Crippen molar-refractivity contribution in [1.82, 2.24) is 13.5 Å². The monoisotopic (exact) mass is 369 g/mol. The topological polar surface area (TPSA) is 58.0 Å². The normalized spacial score (nSPS) is 12.4. The molecule has 1 unspecified atom stereocenters. The largest absolute Gasteiger partial charge is 0.396 e. The Morgan fingerprint density at radius 3 is 2.37 bits per heavy atom. The minimum atomic E-state index is 0.124. The molecular formula is C14H16IN3O. The average molecular weight is 369 g/mol. The average Bonchev–Trinajstić information content (AvgIpc) is 2.48. The zero-order valence-corrected chi connectivity index (χ0v) is 12.8. The number of nitrogens with zero attached hydrogens (tertiary/aromatic N) is 2. The van der Waals surface area contributed by atoms with Crippen molar-refractivity contribution in [1.29, 1.82) is 0 Å². The highest BCUT2D eigenvalue weighted by Crippen LogP contribution is 2.19. The number of aliphatic hydroxyl groups is 1. The molecule has 2 N–H and O–H groups in total. The molecule has 2 rings (SSSR count). The standard InChI is InChI=1S/C14H16IN3O/c1-10(18-15)12-2-4-13(5-3-12)14-16-8-11(6-7-19)9-17-14/h2-5,8-10,18-19H,6-7H2,1H3. The van der Waals surface area contributed by atoms with Gasteiger partial charge in [0.05, 0.1) is 0 Å². The van der Waals surface area contributed by atoms with E-state index in [9.17, 15) is 0 Å². The van der Waals surface area contributed by atoms with Gasteiger partial charge in [0, 0.05) is 53.5 Å². The van der Waals surface area contributed by atoms with Crippen LogP contribution in [0.1, 0.15) is 24.1 Å². The number of aromatic nitrogens is 2. The third kappa shape index (κ3) is 3.71. The molecule has 0 fully saturated rings. The van der Waals surface area contributed by atoms with E-state index in [2.05, 4.69) is 55.4 Å². The van der Waals surface area contributed by atoms with Crippen molar-refractivity contribution in [3.05, 3.63) is 47.8 Å². The summed E-state index contributed by atoms with van der Waals surface area (Å²) < 4.78 is 3.18. The third-order valence-electron chi connectivity index (χ3n) is 2.94. The molecule has 0 aliphatic heterocycles. The van der Waals surface area contributed by atoms with Crippen molar-refractivity contribution >= 4 is 22.9 Å². The molecule has 0 amide bonds. The Morgan fingerprint density at radius 1 is 1.21 bits per heavy atom. The van der Waals surface area contributed by atoms with Gasteiger partial charge in [0.2, 0.25) is 0 Å². The molecule has 1 atom stereocenters. The van der Waals surface area contributed by atoms with E-state index in [4.69, 9.17) is 5.11 Å². The van der Waals surface area contributed by atoms with Crippen molar-refractivity contribution in [2.75, 3.05) is 6.61 Å². The van der Waals surface area contributed by atoms with Gasteiger partial charge in [-0.15, -0.1) is 0 Å². The maximum Gasteiger partial charge on any atom is 0.159 e. The van der Waals surface area contributed by atoms with Crippen LogP contribution in [0, 0.1) is 0 Å². The fourth-order valence-corrected chi connectivity index (χ4v) is 2.11.